The highest BCUT2D eigenvalue weighted by Crippen LogP contribution is 2.20. The lowest BCUT2D eigenvalue weighted by atomic mass is 10.0. The van der Waals surface area contributed by atoms with Crippen LogP contribution in [0, 0.1) is 0 Å². The predicted octanol–water partition coefficient (Wildman–Crippen LogP) is 3.58. The van der Waals surface area contributed by atoms with Gasteiger partial charge in [-0.3, -0.25) is 0 Å². The van der Waals surface area contributed by atoms with E-state index in [-0.39, 0.29) is 12.1 Å². The van der Waals surface area contributed by atoms with Crippen LogP contribution < -0.4 is 10.1 Å². The number of furan rings is 1. The van der Waals surface area contributed by atoms with Gasteiger partial charge in [0.25, 0.3) is 0 Å². The number of nitrogens with zero attached hydrogens (tertiary/aromatic N) is 1. The summed E-state index contributed by atoms with van der Waals surface area (Å²) in [6, 6.07) is 9.48. The highest BCUT2D eigenvalue weighted by atomic mass is 16.5. The molecular weight excluding hydrogens is 280 g/mol. The van der Waals surface area contributed by atoms with Gasteiger partial charge < -0.3 is 19.4 Å². The molecule has 0 spiro atoms. The number of amides is 2. The average Bonchev–Trinajstić information content (AvgIpc) is 3.05. The van der Waals surface area contributed by atoms with E-state index in [1.807, 2.05) is 37.3 Å². The summed E-state index contributed by atoms with van der Waals surface area (Å²) in [4.78, 5) is 13.9. The van der Waals surface area contributed by atoms with Crippen molar-refractivity contribution in [2.24, 2.45) is 0 Å². The highest BCUT2D eigenvalue weighted by molar-refractivity contribution is 5.74. The fourth-order valence-corrected chi connectivity index (χ4v) is 2.24. The molecule has 0 saturated carbocycles. The van der Waals surface area contributed by atoms with Gasteiger partial charge in [0.05, 0.1) is 32.2 Å². The fourth-order valence-electron chi connectivity index (χ4n) is 2.24. The average molecular weight is 302 g/mol. The quantitative estimate of drug-likeness (QED) is 0.887. The van der Waals surface area contributed by atoms with Gasteiger partial charge in [-0.15, -0.1) is 0 Å². The molecule has 1 aromatic carbocycles. The summed E-state index contributed by atoms with van der Waals surface area (Å²) < 4.78 is 10.2. The van der Waals surface area contributed by atoms with E-state index in [1.54, 1.807) is 31.6 Å². The monoisotopic (exact) mass is 302 g/mol. The van der Waals surface area contributed by atoms with E-state index in [4.69, 9.17) is 9.15 Å². The number of ether oxygens (including phenoxy) is 1. The molecule has 1 heterocycles. The Morgan fingerprint density at radius 2 is 2.05 bits per heavy atom. The van der Waals surface area contributed by atoms with Crippen LogP contribution in [-0.4, -0.2) is 25.1 Å². The van der Waals surface area contributed by atoms with Crippen molar-refractivity contribution in [3.63, 3.8) is 0 Å². The summed E-state index contributed by atoms with van der Waals surface area (Å²) >= 11 is 0. The first-order chi connectivity index (χ1) is 10.6. The summed E-state index contributed by atoms with van der Waals surface area (Å²) in [5, 5.41) is 3.05. The Balaban J connectivity index is 1.97. The zero-order valence-corrected chi connectivity index (χ0v) is 13.2. The van der Waals surface area contributed by atoms with Gasteiger partial charge in [0.2, 0.25) is 0 Å². The first-order valence-electron chi connectivity index (χ1n) is 7.30. The molecule has 22 heavy (non-hydrogen) atoms. The van der Waals surface area contributed by atoms with Gasteiger partial charge in [0, 0.05) is 12.6 Å². The lowest BCUT2D eigenvalue weighted by Crippen LogP contribution is -2.38. The van der Waals surface area contributed by atoms with E-state index < -0.39 is 0 Å². The first-order valence-corrected chi connectivity index (χ1v) is 7.30. The van der Waals surface area contributed by atoms with Crippen LogP contribution in [0.1, 0.15) is 30.5 Å². The van der Waals surface area contributed by atoms with Crippen LogP contribution >= 0.6 is 0 Å². The Hall–Kier alpha value is -2.43. The second-order valence-electron chi connectivity index (χ2n) is 5.17. The van der Waals surface area contributed by atoms with Crippen LogP contribution in [0.15, 0.2) is 47.3 Å². The molecule has 0 radical (unpaired) electrons. The van der Waals surface area contributed by atoms with Crippen molar-refractivity contribution in [3.05, 3.63) is 54.0 Å². The van der Waals surface area contributed by atoms with E-state index in [1.165, 1.54) is 0 Å². The third-order valence-corrected chi connectivity index (χ3v) is 3.57. The number of carbonyl (C=O) groups excluding carboxylic acids is 1. The second-order valence-corrected chi connectivity index (χ2v) is 5.17. The molecule has 0 aliphatic rings. The molecule has 1 aromatic heterocycles. The molecule has 0 saturated heterocycles. The van der Waals surface area contributed by atoms with Crippen molar-refractivity contribution in [1.82, 2.24) is 10.2 Å². The van der Waals surface area contributed by atoms with E-state index in [9.17, 15) is 4.79 Å². The van der Waals surface area contributed by atoms with Crippen molar-refractivity contribution in [3.8, 4) is 5.75 Å². The molecule has 118 valence electrons. The number of hydrogen-bond donors (Lipinski definition) is 1. The Bertz CT molecular complexity index is 578. The van der Waals surface area contributed by atoms with Gasteiger partial charge in [0.15, 0.2) is 0 Å². The molecule has 0 aliphatic heterocycles. The van der Waals surface area contributed by atoms with Crippen LogP contribution in [0.4, 0.5) is 4.79 Å². The Morgan fingerprint density at radius 1 is 1.32 bits per heavy atom. The summed E-state index contributed by atoms with van der Waals surface area (Å²) in [6.07, 6.45) is 4.06. The molecule has 2 amide bonds. The van der Waals surface area contributed by atoms with Crippen LogP contribution in [0.2, 0.25) is 0 Å². The van der Waals surface area contributed by atoms with Gasteiger partial charge in [-0.1, -0.05) is 19.1 Å². The summed E-state index contributed by atoms with van der Waals surface area (Å²) in [7, 11) is 3.40. The predicted molar refractivity (Wildman–Crippen MR) is 84.7 cm³/mol. The number of urea groups is 1. The Morgan fingerprint density at radius 3 is 2.59 bits per heavy atom. The van der Waals surface area contributed by atoms with Crippen molar-refractivity contribution < 1.29 is 13.9 Å². The minimum atomic E-state index is -0.108. The normalized spacial score (nSPS) is 11.8. The number of benzene rings is 1. The minimum Gasteiger partial charge on any atom is -0.497 e. The second kappa shape index (κ2) is 7.54. The van der Waals surface area contributed by atoms with Crippen LogP contribution in [0.3, 0.4) is 0 Å². The number of carbonyl (C=O) groups is 1. The maximum Gasteiger partial charge on any atom is 0.317 e. The van der Waals surface area contributed by atoms with Crippen LogP contribution in [0.25, 0.3) is 0 Å². The summed E-state index contributed by atoms with van der Waals surface area (Å²) in [5.41, 5.74) is 2.03. The van der Waals surface area contributed by atoms with Gasteiger partial charge >= 0.3 is 6.03 Å². The van der Waals surface area contributed by atoms with Crippen molar-refractivity contribution >= 4 is 6.03 Å². The lowest BCUT2D eigenvalue weighted by Gasteiger charge is -2.23. The molecule has 0 fully saturated rings. The highest BCUT2D eigenvalue weighted by Gasteiger charge is 2.16. The number of nitrogens with one attached hydrogen (secondary N) is 1. The lowest BCUT2D eigenvalue weighted by molar-refractivity contribution is 0.202. The molecule has 0 unspecified atom stereocenters. The summed E-state index contributed by atoms with van der Waals surface area (Å²) in [5.74, 6) is 0.807. The standard InChI is InChI=1S/C17H22N2O3/c1-4-16(14-5-7-15(21-3)8-6-14)18-17(20)19(2)11-13-9-10-22-12-13/h5-10,12,16H,4,11H2,1-3H3,(H,18,20)/t16-/m1/s1. The van der Waals surface area contributed by atoms with Crippen LogP contribution in [0.5, 0.6) is 5.75 Å². The molecule has 1 N–H and O–H groups in total. The molecule has 0 aliphatic carbocycles. The van der Waals surface area contributed by atoms with Gasteiger partial charge in [0.1, 0.15) is 5.75 Å². The largest absolute Gasteiger partial charge is 0.497 e. The van der Waals surface area contributed by atoms with E-state index in [0.29, 0.717) is 6.54 Å². The van der Waals surface area contributed by atoms with E-state index >= 15 is 0 Å². The zero-order chi connectivity index (χ0) is 15.9. The third-order valence-electron chi connectivity index (χ3n) is 3.57. The van der Waals surface area contributed by atoms with E-state index in [2.05, 4.69) is 5.32 Å². The van der Waals surface area contributed by atoms with Gasteiger partial charge in [-0.05, 0) is 30.2 Å². The number of rotatable bonds is 6. The Labute approximate surface area is 130 Å². The molecule has 5 nitrogen and oxygen atoms in total. The van der Waals surface area contributed by atoms with Gasteiger partial charge in [-0.2, -0.15) is 0 Å². The van der Waals surface area contributed by atoms with Gasteiger partial charge in [-0.25, -0.2) is 4.79 Å². The maximum absolute atomic E-state index is 12.3. The van der Waals surface area contributed by atoms with Crippen molar-refractivity contribution in [2.45, 2.75) is 25.9 Å². The van der Waals surface area contributed by atoms with Crippen LogP contribution in [-0.2, 0) is 6.54 Å². The summed E-state index contributed by atoms with van der Waals surface area (Å²) in [6.45, 7) is 2.56. The molecule has 2 aromatic rings. The topological polar surface area (TPSA) is 54.7 Å². The molecule has 5 heteroatoms. The number of hydrogen-bond acceptors (Lipinski definition) is 3. The fraction of sp³-hybridized carbons (Fsp3) is 0.353. The molecular formula is C17H22N2O3. The van der Waals surface area contributed by atoms with Crippen molar-refractivity contribution in [1.29, 1.82) is 0 Å². The Kier molecular flexibility index (Phi) is 5.47. The van der Waals surface area contributed by atoms with Crippen molar-refractivity contribution in [2.75, 3.05) is 14.2 Å². The maximum atomic E-state index is 12.3. The molecule has 1 atom stereocenters. The smallest absolute Gasteiger partial charge is 0.317 e. The molecule has 0 bridgehead atoms. The number of methoxy groups -OCH3 is 1. The SMILES string of the molecule is CC[C@@H](NC(=O)N(C)Cc1ccoc1)c1ccc(OC)cc1. The molecule has 2 rings (SSSR count). The zero-order valence-electron chi connectivity index (χ0n) is 13.2. The first kappa shape index (κ1) is 15.9. The van der Waals surface area contributed by atoms with E-state index in [0.717, 1.165) is 23.3 Å². The minimum absolute atomic E-state index is 0.0230. The third kappa shape index (κ3) is 4.04.